The van der Waals surface area contributed by atoms with Crippen LogP contribution in [0.2, 0.25) is 0 Å². The fourth-order valence-electron chi connectivity index (χ4n) is 1.48. The lowest BCUT2D eigenvalue weighted by atomic mass is 10.2. The van der Waals surface area contributed by atoms with E-state index >= 15 is 0 Å². The molecule has 2 rings (SSSR count). The van der Waals surface area contributed by atoms with Crippen LogP contribution in [-0.4, -0.2) is 7.11 Å². The van der Waals surface area contributed by atoms with Crippen molar-refractivity contribution in [2.45, 2.75) is 6.92 Å². The van der Waals surface area contributed by atoms with E-state index < -0.39 is 0 Å². The highest BCUT2D eigenvalue weighted by Crippen LogP contribution is 2.27. The maximum atomic E-state index is 5.75. The van der Waals surface area contributed by atoms with Crippen molar-refractivity contribution in [2.75, 3.05) is 7.11 Å². The molecule has 2 aromatic rings. The zero-order valence-corrected chi connectivity index (χ0v) is 9.44. The lowest BCUT2D eigenvalue weighted by Gasteiger charge is -2.09. The minimum Gasteiger partial charge on any atom is -0.497 e. The highest BCUT2D eigenvalue weighted by Gasteiger charge is 2.02. The van der Waals surface area contributed by atoms with Crippen molar-refractivity contribution in [3.8, 4) is 17.2 Å². The average Bonchev–Trinajstić information content (AvgIpc) is 2.33. The Hall–Kier alpha value is -1.96. The molecule has 2 heteroatoms. The van der Waals surface area contributed by atoms with Gasteiger partial charge in [0.1, 0.15) is 17.2 Å². The van der Waals surface area contributed by atoms with Gasteiger partial charge in [-0.05, 0) is 42.8 Å². The van der Waals surface area contributed by atoms with E-state index in [2.05, 4.69) is 0 Å². The summed E-state index contributed by atoms with van der Waals surface area (Å²) in [6, 6.07) is 15.5. The molecule has 0 radical (unpaired) electrons. The summed E-state index contributed by atoms with van der Waals surface area (Å²) in [5.74, 6) is 2.54. The molecule has 0 fully saturated rings. The maximum Gasteiger partial charge on any atom is 0.130 e. The SMILES string of the molecule is COc1ccc(Oc2ccccc2)c(C)c1. The highest BCUT2D eigenvalue weighted by atomic mass is 16.5. The second-order valence-corrected chi connectivity index (χ2v) is 3.55. The van der Waals surface area contributed by atoms with Gasteiger partial charge in [-0.25, -0.2) is 0 Å². The second kappa shape index (κ2) is 4.71. The van der Waals surface area contributed by atoms with E-state index in [4.69, 9.17) is 9.47 Å². The van der Waals surface area contributed by atoms with Crippen LogP contribution in [0.15, 0.2) is 48.5 Å². The van der Waals surface area contributed by atoms with Crippen LogP contribution in [0, 0.1) is 6.92 Å². The smallest absolute Gasteiger partial charge is 0.130 e. The molecule has 0 unspecified atom stereocenters. The number of benzene rings is 2. The van der Waals surface area contributed by atoms with Gasteiger partial charge in [-0.15, -0.1) is 0 Å². The van der Waals surface area contributed by atoms with Crippen molar-refractivity contribution in [2.24, 2.45) is 0 Å². The molecule has 0 saturated carbocycles. The van der Waals surface area contributed by atoms with Gasteiger partial charge in [0.05, 0.1) is 7.11 Å². The first-order chi connectivity index (χ1) is 7.79. The third kappa shape index (κ3) is 2.34. The molecule has 0 aliphatic rings. The summed E-state index contributed by atoms with van der Waals surface area (Å²) in [5.41, 5.74) is 1.06. The van der Waals surface area contributed by atoms with E-state index in [0.29, 0.717) is 0 Å². The summed E-state index contributed by atoms with van der Waals surface area (Å²) in [4.78, 5) is 0. The molecule has 2 aromatic carbocycles. The number of para-hydroxylation sites is 1. The van der Waals surface area contributed by atoms with Gasteiger partial charge >= 0.3 is 0 Å². The molecule has 0 heterocycles. The van der Waals surface area contributed by atoms with Gasteiger partial charge in [0.25, 0.3) is 0 Å². The van der Waals surface area contributed by atoms with Crippen LogP contribution < -0.4 is 9.47 Å². The molecule has 16 heavy (non-hydrogen) atoms. The van der Waals surface area contributed by atoms with E-state index in [1.54, 1.807) is 7.11 Å². The lowest BCUT2D eigenvalue weighted by molar-refractivity contribution is 0.412. The van der Waals surface area contributed by atoms with E-state index in [0.717, 1.165) is 22.8 Å². The largest absolute Gasteiger partial charge is 0.497 e. The van der Waals surface area contributed by atoms with Gasteiger partial charge in [-0.1, -0.05) is 18.2 Å². The van der Waals surface area contributed by atoms with Gasteiger partial charge in [-0.3, -0.25) is 0 Å². The summed E-state index contributed by atoms with van der Waals surface area (Å²) < 4.78 is 10.9. The van der Waals surface area contributed by atoms with Crippen molar-refractivity contribution in [1.82, 2.24) is 0 Å². The van der Waals surface area contributed by atoms with Gasteiger partial charge in [0.2, 0.25) is 0 Å². The Bertz CT molecular complexity index is 463. The first kappa shape index (κ1) is 10.6. The normalized spacial score (nSPS) is 9.88. The molecule has 0 saturated heterocycles. The van der Waals surface area contributed by atoms with E-state index in [-0.39, 0.29) is 0 Å². The Morgan fingerprint density at radius 1 is 0.875 bits per heavy atom. The van der Waals surface area contributed by atoms with Gasteiger partial charge in [0.15, 0.2) is 0 Å². The summed E-state index contributed by atoms with van der Waals surface area (Å²) in [6.45, 7) is 2.00. The van der Waals surface area contributed by atoms with Crippen LogP contribution in [0.4, 0.5) is 0 Å². The average molecular weight is 214 g/mol. The molecular formula is C14H14O2. The number of hydrogen-bond acceptors (Lipinski definition) is 2. The summed E-state index contributed by atoms with van der Waals surface area (Å²) in [7, 11) is 1.66. The zero-order chi connectivity index (χ0) is 11.4. The third-order valence-electron chi connectivity index (χ3n) is 2.35. The monoisotopic (exact) mass is 214 g/mol. The molecule has 0 aromatic heterocycles. The van der Waals surface area contributed by atoms with Crippen LogP contribution in [0.3, 0.4) is 0 Å². The number of methoxy groups -OCH3 is 1. The quantitative estimate of drug-likeness (QED) is 0.773. The molecular weight excluding hydrogens is 200 g/mol. The van der Waals surface area contributed by atoms with Crippen molar-refractivity contribution in [3.63, 3.8) is 0 Å². The Labute approximate surface area is 95.4 Å². The highest BCUT2D eigenvalue weighted by molar-refractivity contribution is 5.41. The first-order valence-corrected chi connectivity index (χ1v) is 5.17. The Balaban J connectivity index is 2.22. The molecule has 0 aliphatic heterocycles. The van der Waals surface area contributed by atoms with E-state index in [9.17, 15) is 0 Å². The summed E-state index contributed by atoms with van der Waals surface area (Å²) in [5, 5.41) is 0. The van der Waals surface area contributed by atoms with Crippen LogP contribution >= 0.6 is 0 Å². The number of ether oxygens (including phenoxy) is 2. The molecule has 82 valence electrons. The molecule has 0 amide bonds. The van der Waals surface area contributed by atoms with Gasteiger partial charge < -0.3 is 9.47 Å². The zero-order valence-electron chi connectivity index (χ0n) is 9.44. The van der Waals surface area contributed by atoms with Crippen molar-refractivity contribution in [1.29, 1.82) is 0 Å². The predicted octanol–water partition coefficient (Wildman–Crippen LogP) is 3.80. The first-order valence-electron chi connectivity index (χ1n) is 5.17. The molecule has 0 atom stereocenters. The van der Waals surface area contributed by atoms with Crippen molar-refractivity contribution < 1.29 is 9.47 Å². The minimum absolute atomic E-state index is 0.843. The lowest BCUT2D eigenvalue weighted by Crippen LogP contribution is -1.89. The van der Waals surface area contributed by atoms with E-state index in [1.165, 1.54) is 0 Å². The molecule has 0 aliphatic carbocycles. The van der Waals surface area contributed by atoms with Crippen molar-refractivity contribution >= 4 is 0 Å². The maximum absolute atomic E-state index is 5.75. The van der Waals surface area contributed by atoms with Crippen LogP contribution in [0.25, 0.3) is 0 Å². The molecule has 0 bridgehead atoms. The minimum atomic E-state index is 0.843. The molecule has 2 nitrogen and oxygen atoms in total. The van der Waals surface area contributed by atoms with Crippen LogP contribution in [0.5, 0.6) is 17.2 Å². The Morgan fingerprint density at radius 2 is 1.62 bits per heavy atom. The molecule has 0 N–H and O–H groups in total. The Morgan fingerprint density at radius 3 is 2.25 bits per heavy atom. The number of rotatable bonds is 3. The van der Waals surface area contributed by atoms with E-state index in [1.807, 2.05) is 55.5 Å². The van der Waals surface area contributed by atoms with Crippen LogP contribution in [0.1, 0.15) is 5.56 Å². The number of hydrogen-bond donors (Lipinski definition) is 0. The standard InChI is InChI=1S/C14H14O2/c1-11-10-13(15-2)8-9-14(11)16-12-6-4-3-5-7-12/h3-10H,1-2H3. The predicted molar refractivity (Wildman–Crippen MR) is 64.2 cm³/mol. The Kier molecular flexibility index (Phi) is 3.10. The molecule has 0 spiro atoms. The third-order valence-corrected chi connectivity index (χ3v) is 2.35. The van der Waals surface area contributed by atoms with Gasteiger partial charge in [-0.2, -0.15) is 0 Å². The number of aryl methyl sites for hydroxylation is 1. The van der Waals surface area contributed by atoms with Crippen molar-refractivity contribution in [3.05, 3.63) is 54.1 Å². The summed E-state index contributed by atoms with van der Waals surface area (Å²) in [6.07, 6.45) is 0. The van der Waals surface area contributed by atoms with Crippen LogP contribution in [-0.2, 0) is 0 Å². The fraction of sp³-hybridized carbons (Fsp3) is 0.143. The topological polar surface area (TPSA) is 18.5 Å². The summed E-state index contributed by atoms with van der Waals surface area (Å²) >= 11 is 0. The second-order valence-electron chi connectivity index (χ2n) is 3.55. The fourth-order valence-corrected chi connectivity index (χ4v) is 1.48. The van der Waals surface area contributed by atoms with Gasteiger partial charge in [0, 0.05) is 0 Å².